The van der Waals surface area contributed by atoms with Gasteiger partial charge in [-0.1, -0.05) is 6.07 Å². The third kappa shape index (κ3) is 2.82. The molecule has 1 aliphatic carbocycles. The Morgan fingerprint density at radius 1 is 1.38 bits per heavy atom. The molecule has 1 aromatic rings. The van der Waals surface area contributed by atoms with Crippen LogP contribution >= 0.6 is 0 Å². The van der Waals surface area contributed by atoms with E-state index in [1.54, 1.807) is 0 Å². The maximum absolute atomic E-state index is 12.1. The molecule has 1 aromatic heterocycles. The van der Waals surface area contributed by atoms with Gasteiger partial charge in [-0.05, 0) is 12.8 Å². The van der Waals surface area contributed by atoms with E-state index in [1.165, 1.54) is 10.9 Å². The van der Waals surface area contributed by atoms with Crippen LogP contribution in [-0.4, -0.2) is 16.8 Å². The smallest absolute Gasteiger partial charge is 0.444 e. The Morgan fingerprint density at radius 3 is 2.38 bits per heavy atom. The van der Waals surface area contributed by atoms with Crippen LogP contribution < -0.4 is 57.0 Å². The van der Waals surface area contributed by atoms with Gasteiger partial charge in [0.25, 0.3) is 0 Å². The first-order valence-electron chi connectivity index (χ1n) is 3.82. The SMILES string of the molecule is F[B-](F)(F)c1ccn(C2CC2)n1.[K+]. The second-order valence-corrected chi connectivity index (χ2v) is 3.03. The molecule has 0 atom stereocenters. The number of hydrogen-bond acceptors (Lipinski definition) is 1. The first-order valence-corrected chi connectivity index (χ1v) is 3.82. The van der Waals surface area contributed by atoms with Crippen LogP contribution in [0.4, 0.5) is 12.9 Å². The molecule has 0 radical (unpaired) electrons. The molecule has 0 aliphatic heterocycles. The Labute approximate surface area is 116 Å². The molecular formula is C6H7BF3KN2. The molecule has 0 saturated heterocycles. The zero-order valence-electron chi connectivity index (χ0n) is 7.25. The van der Waals surface area contributed by atoms with E-state index < -0.39 is 12.6 Å². The van der Waals surface area contributed by atoms with Gasteiger partial charge in [-0.15, -0.1) is 0 Å². The van der Waals surface area contributed by atoms with Crippen LogP contribution in [0.3, 0.4) is 0 Å². The van der Waals surface area contributed by atoms with E-state index in [1.807, 2.05) is 0 Å². The minimum atomic E-state index is -4.92. The van der Waals surface area contributed by atoms with E-state index in [0.29, 0.717) is 0 Å². The van der Waals surface area contributed by atoms with Crippen molar-refractivity contribution in [1.82, 2.24) is 9.78 Å². The summed E-state index contributed by atoms with van der Waals surface area (Å²) in [5.74, 6) is 0. The van der Waals surface area contributed by atoms with Gasteiger partial charge in [-0.2, -0.15) is 0 Å². The molecule has 2 rings (SSSR count). The summed E-state index contributed by atoms with van der Waals surface area (Å²) >= 11 is 0. The van der Waals surface area contributed by atoms with Crippen LogP contribution in [0.5, 0.6) is 0 Å². The van der Waals surface area contributed by atoms with Crippen molar-refractivity contribution in [3.63, 3.8) is 0 Å². The summed E-state index contributed by atoms with van der Waals surface area (Å²) in [5, 5.41) is 3.46. The second-order valence-electron chi connectivity index (χ2n) is 3.03. The fourth-order valence-electron chi connectivity index (χ4n) is 1.07. The van der Waals surface area contributed by atoms with E-state index in [-0.39, 0.29) is 57.4 Å². The first kappa shape index (κ1) is 11.8. The van der Waals surface area contributed by atoms with Crippen molar-refractivity contribution >= 4 is 12.6 Å². The Hall–Kier alpha value is 0.701. The van der Waals surface area contributed by atoms with Crippen LogP contribution in [0.2, 0.25) is 0 Å². The Bertz CT molecular complexity index is 294. The van der Waals surface area contributed by atoms with Crippen molar-refractivity contribution in [2.75, 3.05) is 0 Å². The van der Waals surface area contributed by atoms with Crippen molar-refractivity contribution in [2.45, 2.75) is 18.9 Å². The molecule has 1 fully saturated rings. The fourth-order valence-corrected chi connectivity index (χ4v) is 1.07. The minimum absolute atomic E-state index is 0. The maximum atomic E-state index is 12.1. The zero-order valence-corrected chi connectivity index (χ0v) is 10.4. The van der Waals surface area contributed by atoms with E-state index in [9.17, 15) is 12.9 Å². The van der Waals surface area contributed by atoms with Gasteiger partial charge >= 0.3 is 58.4 Å². The third-order valence-corrected chi connectivity index (χ3v) is 1.89. The van der Waals surface area contributed by atoms with Crippen LogP contribution in [0, 0.1) is 0 Å². The summed E-state index contributed by atoms with van der Waals surface area (Å²) in [6, 6.07) is 1.26. The predicted molar refractivity (Wildman–Crippen MR) is 39.2 cm³/mol. The molecule has 13 heavy (non-hydrogen) atoms. The summed E-state index contributed by atoms with van der Waals surface area (Å²) in [4.78, 5) is 0. The number of rotatable bonds is 2. The van der Waals surface area contributed by atoms with Crippen molar-refractivity contribution in [2.24, 2.45) is 0 Å². The summed E-state index contributed by atoms with van der Waals surface area (Å²) in [6.45, 7) is -4.92. The molecule has 0 amide bonds. The standard InChI is InChI=1S/C6H7BF3N2.K/c8-7(9,10)6-3-4-12(11-6)5-1-2-5;/h3-5H,1-2H2;/q-1;+1. The fraction of sp³-hybridized carbons (Fsp3) is 0.500. The Kier molecular flexibility index (Phi) is 3.68. The van der Waals surface area contributed by atoms with Gasteiger partial charge in [-0.3, -0.25) is 4.68 Å². The van der Waals surface area contributed by atoms with Crippen molar-refractivity contribution in [3.8, 4) is 0 Å². The van der Waals surface area contributed by atoms with Crippen LogP contribution in [0.25, 0.3) is 0 Å². The largest absolute Gasteiger partial charge is 1.00 e. The molecule has 1 aliphatic rings. The molecule has 1 saturated carbocycles. The molecular weight excluding hydrogens is 207 g/mol. The van der Waals surface area contributed by atoms with Crippen molar-refractivity contribution < 1.29 is 64.3 Å². The van der Waals surface area contributed by atoms with Gasteiger partial charge in [0.1, 0.15) is 0 Å². The van der Waals surface area contributed by atoms with Gasteiger partial charge in [0.15, 0.2) is 0 Å². The molecule has 0 bridgehead atoms. The van der Waals surface area contributed by atoms with Crippen molar-refractivity contribution in [3.05, 3.63) is 12.3 Å². The summed E-state index contributed by atoms with van der Waals surface area (Å²) in [7, 11) is 0. The average molecular weight is 214 g/mol. The van der Waals surface area contributed by atoms with Crippen LogP contribution in [-0.2, 0) is 0 Å². The van der Waals surface area contributed by atoms with E-state index in [0.717, 1.165) is 18.9 Å². The van der Waals surface area contributed by atoms with Gasteiger partial charge in [0, 0.05) is 11.8 Å². The van der Waals surface area contributed by atoms with Crippen LogP contribution in [0.15, 0.2) is 12.3 Å². The van der Waals surface area contributed by atoms with E-state index >= 15 is 0 Å². The number of halogens is 3. The number of aromatic nitrogens is 2. The predicted octanol–water partition coefficient (Wildman–Crippen LogP) is -1.72. The number of hydrogen-bond donors (Lipinski definition) is 0. The van der Waals surface area contributed by atoms with Gasteiger partial charge in [0.05, 0.1) is 6.04 Å². The quantitative estimate of drug-likeness (QED) is 0.535. The Balaban J connectivity index is 0.000000845. The molecule has 2 nitrogen and oxygen atoms in total. The van der Waals surface area contributed by atoms with Gasteiger partial charge < -0.3 is 12.9 Å². The molecule has 0 N–H and O–H groups in total. The van der Waals surface area contributed by atoms with Gasteiger partial charge in [-0.25, -0.2) is 5.10 Å². The molecule has 0 unspecified atom stereocenters. The molecule has 0 spiro atoms. The normalized spacial score (nSPS) is 16.8. The Morgan fingerprint density at radius 2 is 2.00 bits per heavy atom. The average Bonchev–Trinajstić information content (AvgIpc) is 2.66. The number of nitrogens with zero attached hydrogens (tertiary/aromatic N) is 2. The summed E-state index contributed by atoms with van der Waals surface area (Å²) < 4.78 is 37.6. The first-order chi connectivity index (χ1) is 5.57. The molecule has 1 heterocycles. The van der Waals surface area contributed by atoms with E-state index in [2.05, 4.69) is 5.10 Å². The maximum Gasteiger partial charge on any atom is 1.00 e. The second kappa shape index (κ2) is 4.06. The molecule has 7 heteroatoms. The topological polar surface area (TPSA) is 17.8 Å². The minimum Gasteiger partial charge on any atom is -0.444 e. The molecule has 66 valence electrons. The summed E-state index contributed by atoms with van der Waals surface area (Å²) in [5.41, 5.74) is -0.734. The van der Waals surface area contributed by atoms with E-state index in [4.69, 9.17) is 0 Å². The van der Waals surface area contributed by atoms with Crippen LogP contribution in [0.1, 0.15) is 18.9 Å². The molecule has 0 aromatic carbocycles. The summed E-state index contributed by atoms with van der Waals surface area (Å²) in [6.07, 6.45) is 3.31. The monoisotopic (exact) mass is 214 g/mol. The zero-order chi connectivity index (χ0) is 8.77. The van der Waals surface area contributed by atoms with Gasteiger partial charge in [0.2, 0.25) is 0 Å². The third-order valence-electron chi connectivity index (χ3n) is 1.89. The van der Waals surface area contributed by atoms with Crippen molar-refractivity contribution in [1.29, 1.82) is 0 Å².